The normalized spacial score (nSPS) is 11.0. The molecule has 0 saturated carbocycles. The van der Waals surface area contributed by atoms with Crippen molar-refractivity contribution in [3.05, 3.63) is 56.5 Å². The summed E-state index contributed by atoms with van der Waals surface area (Å²) >= 11 is 0. The van der Waals surface area contributed by atoms with Crippen molar-refractivity contribution in [3.63, 3.8) is 0 Å². The number of nitrogens with one attached hydrogen (secondary N) is 1. The van der Waals surface area contributed by atoms with Gasteiger partial charge < -0.3 is 14.6 Å². The van der Waals surface area contributed by atoms with Crippen molar-refractivity contribution in [1.29, 1.82) is 0 Å². The van der Waals surface area contributed by atoms with Crippen LogP contribution in [-0.4, -0.2) is 31.7 Å². The Balaban J connectivity index is 1.81. The Kier molecular flexibility index (Phi) is 4.85. The van der Waals surface area contributed by atoms with E-state index in [9.17, 15) is 14.4 Å². The largest absolute Gasteiger partial charge is 0.496 e. The molecule has 0 radical (unpaired) electrons. The number of benzene rings is 1. The molecular weight excluding hydrogens is 350 g/mol. The Morgan fingerprint density at radius 3 is 2.70 bits per heavy atom. The second kappa shape index (κ2) is 7.10. The maximum atomic E-state index is 12.6. The second-order valence-electron chi connectivity index (χ2n) is 6.34. The van der Waals surface area contributed by atoms with E-state index in [2.05, 4.69) is 10.3 Å². The molecule has 0 fully saturated rings. The molecule has 0 aliphatic carbocycles. The molecule has 0 spiro atoms. The zero-order valence-electron chi connectivity index (χ0n) is 15.6. The van der Waals surface area contributed by atoms with Gasteiger partial charge in [0.1, 0.15) is 12.3 Å². The molecule has 2 heterocycles. The number of methoxy groups -OCH3 is 1. The molecule has 0 bridgehead atoms. The first-order valence-corrected chi connectivity index (χ1v) is 8.34. The highest BCUT2D eigenvalue weighted by Crippen LogP contribution is 2.18. The number of carbonyl (C=O) groups is 1. The van der Waals surface area contributed by atoms with Crippen LogP contribution in [-0.2, 0) is 32.0 Å². The summed E-state index contributed by atoms with van der Waals surface area (Å²) < 4.78 is 8.97. The van der Waals surface area contributed by atoms with Gasteiger partial charge in [-0.3, -0.25) is 14.2 Å². The van der Waals surface area contributed by atoms with Crippen LogP contribution in [0, 0.1) is 6.92 Å². The lowest BCUT2D eigenvalue weighted by Gasteiger charge is -2.11. The molecule has 0 saturated heterocycles. The monoisotopic (exact) mass is 371 g/mol. The number of aryl methyl sites for hydroxylation is 3. The summed E-state index contributed by atoms with van der Waals surface area (Å²) in [7, 11) is 4.77. The fraction of sp³-hybridized carbons (Fsp3) is 0.333. The van der Waals surface area contributed by atoms with Gasteiger partial charge in [0.15, 0.2) is 11.2 Å². The van der Waals surface area contributed by atoms with Crippen LogP contribution in [0.15, 0.2) is 34.1 Å². The Bertz CT molecular complexity index is 1140. The summed E-state index contributed by atoms with van der Waals surface area (Å²) in [5, 5.41) is 2.72. The molecular formula is C18H21N5O4. The van der Waals surface area contributed by atoms with Gasteiger partial charge in [0.2, 0.25) is 5.91 Å². The highest BCUT2D eigenvalue weighted by molar-refractivity contribution is 5.76. The predicted octanol–water partition coefficient (Wildman–Crippen LogP) is 0.0671. The van der Waals surface area contributed by atoms with E-state index in [0.29, 0.717) is 0 Å². The van der Waals surface area contributed by atoms with Crippen molar-refractivity contribution in [1.82, 2.24) is 24.0 Å². The molecule has 1 amide bonds. The van der Waals surface area contributed by atoms with Gasteiger partial charge in [-0.05, 0) is 24.1 Å². The molecule has 9 nitrogen and oxygen atoms in total. The minimum atomic E-state index is -0.585. The number of hydrogen-bond acceptors (Lipinski definition) is 5. The predicted molar refractivity (Wildman–Crippen MR) is 99.8 cm³/mol. The summed E-state index contributed by atoms with van der Waals surface area (Å²) in [5.74, 6) is 0.295. The highest BCUT2D eigenvalue weighted by Gasteiger charge is 2.16. The van der Waals surface area contributed by atoms with Crippen molar-refractivity contribution in [3.8, 4) is 5.75 Å². The van der Waals surface area contributed by atoms with Gasteiger partial charge in [0.05, 0.1) is 13.4 Å². The minimum absolute atomic E-state index is 0.262. The molecule has 0 aliphatic heterocycles. The standard InChI is InChI=1S/C18H21N5O4/c1-11-5-6-12(7-13(11)27-4)8-19-14(24)9-23-17(25)15-16(20-10-21(15)2)22(3)18(23)26/h5-7,10H,8-9H2,1-4H3,(H,19,24). The number of aromatic nitrogens is 4. The average molecular weight is 371 g/mol. The van der Waals surface area contributed by atoms with Gasteiger partial charge in [0, 0.05) is 20.6 Å². The van der Waals surface area contributed by atoms with Crippen molar-refractivity contribution in [2.45, 2.75) is 20.0 Å². The van der Waals surface area contributed by atoms with E-state index in [-0.39, 0.29) is 24.3 Å². The van der Waals surface area contributed by atoms with Gasteiger partial charge >= 0.3 is 5.69 Å². The van der Waals surface area contributed by atoms with E-state index >= 15 is 0 Å². The fourth-order valence-corrected chi connectivity index (χ4v) is 2.91. The van der Waals surface area contributed by atoms with Crippen LogP contribution in [0.25, 0.3) is 11.2 Å². The van der Waals surface area contributed by atoms with Gasteiger partial charge in [-0.25, -0.2) is 14.3 Å². The van der Waals surface area contributed by atoms with Gasteiger partial charge in [-0.2, -0.15) is 0 Å². The van der Waals surface area contributed by atoms with E-state index in [0.717, 1.165) is 21.4 Å². The van der Waals surface area contributed by atoms with Crippen molar-refractivity contribution >= 4 is 17.1 Å². The summed E-state index contributed by atoms with van der Waals surface area (Å²) in [6.07, 6.45) is 1.46. The molecule has 1 aromatic carbocycles. The number of fused-ring (bicyclic) bond motifs is 1. The molecule has 9 heteroatoms. The molecule has 27 heavy (non-hydrogen) atoms. The second-order valence-corrected chi connectivity index (χ2v) is 6.34. The number of rotatable bonds is 5. The zero-order chi connectivity index (χ0) is 19.7. The van der Waals surface area contributed by atoms with Crippen LogP contribution < -0.4 is 21.3 Å². The topological polar surface area (TPSA) is 100 Å². The maximum Gasteiger partial charge on any atom is 0.332 e. The number of imidazole rings is 1. The van der Waals surface area contributed by atoms with Crippen LogP contribution >= 0.6 is 0 Å². The van der Waals surface area contributed by atoms with Crippen molar-refractivity contribution in [2.24, 2.45) is 14.1 Å². The number of nitrogens with zero attached hydrogens (tertiary/aromatic N) is 4. The lowest BCUT2D eigenvalue weighted by atomic mass is 10.1. The summed E-state index contributed by atoms with van der Waals surface area (Å²) in [6, 6.07) is 5.62. The van der Waals surface area contributed by atoms with E-state index in [1.54, 1.807) is 14.2 Å². The molecule has 3 rings (SSSR count). The SMILES string of the molecule is COc1cc(CNC(=O)Cn2c(=O)c3c(ncn3C)n(C)c2=O)ccc1C. The van der Waals surface area contributed by atoms with E-state index in [4.69, 9.17) is 4.74 Å². The molecule has 3 aromatic rings. The molecule has 0 unspecified atom stereocenters. The van der Waals surface area contributed by atoms with E-state index < -0.39 is 17.2 Å². The third-order valence-electron chi connectivity index (χ3n) is 4.46. The molecule has 2 aromatic heterocycles. The zero-order valence-corrected chi connectivity index (χ0v) is 15.6. The van der Waals surface area contributed by atoms with Crippen LogP contribution in [0.2, 0.25) is 0 Å². The third kappa shape index (κ3) is 3.35. The first-order valence-electron chi connectivity index (χ1n) is 8.34. The number of hydrogen-bond donors (Lipinski definition) is 1. The molecule has 1 N–H and O–H groups in total. The summed E-state index contributed by atoms with van der Waals surface area (Å²) in [6.45, 7) is 1.83. The summed E-state index contributed by atoms with van der Waals surface area (Å²) in [5.41, 5.74) is 1.28. The fourth-order valence-electron chi connectivity index (χ4n) is 2.91. The number of ether oxygens (including phenoxy) is 1. The van der Waals surface area contributed by atoms with Gasteiger partial charge in [-0.1, -0.05) is 12.1 Å². The van der Waals surface area contributed by atoms with Crippen molar-refractivity contribution in [2.75, 3.05) is 7.11 Å². The Morgan fingerprint density at radius 1 is 1.26 bits per heavy atom. The van der Waals surface area contributed by atoms with E-state index in [1.165, 1.54) is 22.5 Å². The first-order chi connectivity index (χ1) is 12.8. The van der Waals surface area contributed by atoms with E-state index in [1.807, 2.05) is 25.1 Å². The molecule has 0 aliphatic rings. The number of carbonyl (C=O) groups excluding carboxylic acids is 1. The average Bonchev–Trinajstić information content (AvgIpc) is 3.04. The van der Waals surface area contributed by atoms with Gasteiger partial charge in [-0.15, -0.1) is 0 Å². The maximum absolute atomic E-state index is 12.6. The Hall–Kier alpha value is -3.36. The highest BCUT2D eigenvalue weighted by atomic mass is 16.5. The molecule has 0 atom stereocenters. The smallest absolute Gasteiger partial charge is 0.332 e. The van der Waals surface area contributed by atoms with Crippen LogP contribution in [0.1, 0.15) is 11.1 Å². The van der Waals surface area contributed by atoms with Crippen LogP contribution in [0.3, 0.4) is 0 Å². The Labute approximate surface area is 154 Å². The quantitative estimate of drug-likeness (QED) is 0.684. The lowest BCUT2D eigenvalue weighted by molar-refractivity contribution is -0.121. The first kappa shape index (κ1) is 18.4. The minimum Gasteiger partial charge on any atom is -0.496 e. The van der Waals surface area contributed by atoms with Crippen LogP contribution in [0.4, 0.5) is 0 Å². The lowest BCUT2D eigenvalue weighted by Crippen LogP contribution is -2.43. The Morgan fingerprint density at radius 2 is 2.00 bits per heavy atom. The van der Waals surface area contributed by atoms with Crippen molar-refractivity contribution < 1.29 is 9.53 Å². The third-order valence-corrected chi connectivity index (χ3v) is 4.46. The molecule has 142 valence electrons. The number of amides is 1. The van der Waals surface area contributed by atoms with Gasteiger partial charge in [0.25, 0.3) is 5.56 Å². The van der Waals surface area contributed by atoms with Crippen LogP contribution in [0.5, 0.6) is 5.75 Å². The summed E-state index contributed by atoms with van der Waals surface area (Å²) in [4.78, 5) is 41.4.